The molecule has 180 valence electrons. The van der Waals surface area contributed by atoms with Crippen molar-refractivity contribution in [2.75, 3.05) is 31.4 Å². The van der Waals surface area contributed by atoms with Crippen LogP contribution in [0, 0.1) is 11.8 Å². The van der Waals surface area contributed by atoms with Gasteiger partial charge in [0.05, 0.1) is 17.8 Å². The average molecular weight is 491 g/mol. The average Bonchev–Trinajstić information content (AvgIpc) is 3.45. The Bertz CT molecular complexity index is 874. The van der Waals surface area contributed by atoms with Crippen LogP contribution >= 0.6 is 24.0 Å². The molecule has 2 fully saturated rings. The number of carbonyl (C=O) groups is 2. The summed E-state index contributed by atoms with van der Waals surface area (Å²) in [5.41, 5.74) is 2.74. The third-order valence-electron chi connectivity index (χ3n) is 6.91. The lowest BCUT2D eigenvalue weighted by Gasteiger charge is -2.33. The van der Waals surface area contributed by atoms with Crippen LogP contribution in [0.1, 0.15) is 37.8 Å². The number of thioether (sulfide) groups is 1. The molecule has 1 aliphatic carbocycles. The van der Waals surface area contributed by atoms with Crippen LogP contribution in [-0.2, 0) is 31.9 Å². The molecular formula is C25H34N2O4S2. The lowest BCUT2D eigenvalue weighted by atomic mass is 9.79. The molecule has 1 amide bonds. The molecule has 0 spiro atoms. The number of rotatable bonds is 9. The molecular weight excluding hydrogens is 456 g/mol. The van der Waals surface area contributed by atoms with Gasteiger partial charge in [0, 0.05) is 36.8 Å². The number of thiocarbonyl (C=S) groups is 1. The third-order valence-corrected chi connectivity index (χ3v) is 8.34. The largest absolute Gasteiger partial charge is 0.351 e. The second kappa shape index (κ2) is 11.4. The molecule has 2 saturated heterocycles. The fourth-order valence-electron chi connectivity index (χ4n) is 5.27. The van der Waals surface area contributed by atoms with Crippen molar-refractivity contribution in [3.8, 4) is 0 Å². The van der Waals surface area contributed by atoms with Gasteiger partial charge in [-0.3, -0.25) is 9.59 Å². The number of nitrogens with zero attached hydrogens (tertiary/aromatic N) is 1. The molecule has 1 N–H and O–H groups in total. The molecule has 8 heteroatoms. The van der Waals surface area contributed by atoms with E-state index in [4.69, 9.17) is 21.7 Å². The Morgan fingerprint density at radius 2 is 1.94 bits per heavy atom. The number of ketones is 1. The van der Waals surface area contributed by atoms with E-state index in [9.17, 15) is 9.59 Å². The molecule has 2 aliphatic heterocycles. The molecule has 3 aliphatic rings. The second-order valence-electron chi connectivity index (χ2n) is 9.00. The van der Waals surface area contributed by atoms with Crippen LogP contribution in [0.5, 0.6) is 0 Å². The predicted octanol–water partition coefficient (Wildman–Crippen LogP) is 3.01. The zero-order valence-electron chi connectivity index (χ0n) is 19.5. The third kappa shape index (κ3) is 5.51. The summed E-state index contributed by atoms with van der Waals surface area (Å²) in [5, 5.41) is 3.25. The van der Waals surface area contributed by atoms with Crippen molar-refractivity contribution in [1.82, 2.24) is 10.2 Å². The van der Waals surface area contributed by atoms with E-state index in [1.165, 1.54) is 11.1 Å². The number of carbonyl (C=O) groups excluding carboxylic acids is 2. The van der Waals surface area contributed by atoms with E-state index in [1.54, 1.807) is 11.8 Å². The van der Waals surface area contributed by atoms with Crippen molar-refractivity contribution in [1.29, 1.82) is 0 Å². The molecule has 4 atom stereocenters. The molecule has 0 radical (unpaired) electrons. The van der Waals surface area contributed by atoms with Gasteiger partial charge in [0.1, 0.15) is 11.8 Å². The van der Waals surface area contributed by atoms with E-state index >= 15 is 0 Å². The van der Waals surface area contributed by atoms with Gasteiger partial charge in [-0.25, -0.2) is 0 Å². The highest BCUT2D eigenvalue weighted by atomic mass is 32.2. The van der Waals surface area contributed by atoms with E-state index in [0.29, 0.717) is 42.8 Å². The quantitative estimate of drug-likeness (QED) is 0.422. The first kappa shape index (κ1) is 24.8. The molecule has 0 aromatic heterocycles. The molecule has 1 unspecified atom stereocenters. The summed E-state index contributed by atoms with van der Waals surface area (Å²) in [7, 11) is 0. The Morgan fingerprint density at radius 3 is 2.67 bits per heavy atom. The van der Waals surface area contributed by atoms with Crippen LogP contribution < -0.4 is 5.32 Å². The van der Waals surface area contributed by atoms with Gasteiger partial charge in [0.25, 0.3) is 0 Å². The number of fused-ring (bicyclic) bond motifs is 1. The minimum Gasteiger partial charge on any atom is -0.351 e. The van der Waals surface area contributed by atoms with Gasteiger partial charge in [-0.15, -0.1) is 11.8 Å². The highest BCUT2D eigenvalue weighted by Crippen LogP contribution is 2.32. The highest BCUT2D eigenvalue weighted by molar-refractivity contribution is 7.99. The molecule has 0 bridgehead atoms. The maximum Gasteiger partial charge on any atom is 0.241 e. The zero-order chi connectivity index (χ0) is 23.4. The van der Waals surface area contributed by atoms with Gasteiger partial charge < -0.3 is 19.7 Å². The minimum atomic E-state index is -0.592. The lowest BCUT2D eigenvalue weighted by molar-refractivity contribution is -0.174. The predicted molar refractivity (Wildman–Crippen MR) is 134 cm³/mol. The number of hydrogen-bond acceptors (Lipinski definition) is 7. The van der Waals surface area contributed by atoms with Crippen molar-refractivity contribution in [3.05, 3.63) is 35.4 Å². The number of aryl methyl sites for hydroxylation is 1. The monoisotopic (exact) mass is 490 g/mol. The summed E-state index contributed by atoms with van der Waals surface area (Å²) in [6, 6.07) is 7.73. The summed E-state index contributed by atoms with van der Waals surface area (Å²) < 4.78 is 11.6. The maximum atomic E-state index is 13.6. The Hall–Kier alpha value is -1.32. The van der Waals surface area contributed by atoms with Crippen LogP contribution in [0.4, 0.5) is 0 Å². The summed E-state index contributed by atoms with van der Waals surface area (Å²) in [5.74, 6) is 1.14. The second-order valence-corrected chi connectivity index (χ2v) is 10.5. The standard InChI is InChI=1S/C25H34N2O4S2/c1-3-30-25(31-4-2)19-14-33-15-27(19)24(29)23-22(21(32)13-26-23)20(28)12-16-9-10-17-7-5-6-8-18(17)11-16/h5-8,16,19,22-23,25-26H,3-4,9-15H2,1-2H3/t16-,19+,22?,23+/m1/s1. The first-order valence-electron chi connectivity index (χ1n) is 12.0. The van der Waals surface area contributed by atoms with Gasteiger partial charge in [-0.05, 0) is 50.2 Å². The Balaban J connectivity index is 1.43. The van der Waals surface area contributed by atoms with Crippen molar-refractivity contribution < 1.29 is 19.1 Å². The Labute approximate surface area is 206 Å². The maximum absolute atomic E-state index is 13.6. The van der Waals surface area contributed by atoms with Crippen LogP contribution in [0.2, 0.25) is 0 Å². The smallest absolute Gasteiger partial charge is 0.241 e. The molecule has 1 aromatic carbocycles. The van der Waals surface area contributed by atoms with Crippen molar-refractivity contribution in [3.63, 3.8) is 0 Å². The van der Waals surface area contributed by atoms with Gasteiger partial charge in [-0.2, -0.15) is 0 Å². The summed E-state index contributed by atoms with van der Waals surface area (Å²) >= 11 is 7.26. The molecule has 6 nitrogen and oxygen atoms in total. The Kier molecular flexibility index (Phi) is 8.57. The zero-order valence-corrected chi connectivity index (χ0v) is 21.1. The van der Waals surface area contributed by atoms with Gasteiger partial charge in [0.15, 0.2) is 6.29 Å². The van der Waals surface area contributed by atoms with E-state index in [1.807, 2.05) is 18.7 Å². The number of ether oxygens (including phenoxy) is 2. The van der Waals surface area contributed by atoms with Crippen LogP contribution in [-0.4, -0.2) is 71.2 Å². The van der Waals surface area contributed by atoms with E-state index in [0.717, 1.165) is 25.0 Å². The normalized spacial score (nSPS) is 27.2. The number of nitrogens with one attached hydrogen (secondary N) is 1. The Morgan fingerprint density at radius 1 is 1.21 bits per heavy atom. The molecule has 33 heavy (non-hydrogen) atoms. The van der Waals surface area contributed by atoms with Crippen LogP contribution in [0.15, 0.2) is 24.3 Å². The van der Waals surface area contributed by atoms with E-state index < -0.39 is 18.2 Å². The summed E-state index contributed by atoms with van der Waals surface area (Å²) in [6.07, 6.45) is 2.95. The number of Topliss-reactive ketones (excluding diaryl/α,β-unsaturated/α-hetero) is 1. The SMILES string of the molecule is CCOC(OCC)[C@@H]1CSCN1C(=O)[C@H]1NCC(=S)C1C(=O)C[C@@H]1CCc2ccccc2C1. The fraction of sp³-hybridized carbons (Fsp3) is 0.640. The van der Waals surface area contributed by atoms with E-state index in [-0.39, 0.29) is 17.7 Å². The van der Waals surface area contributed by atoms with Gasteiger partial charge in [-0.1, -0.05) is 36.5 Å². The van der Waals surface area contributed by atoms with Gasteiger partial charge >= 0.3 is 0 Å². The lowest BCUT2D eigenvalue weighted by Crippen LogP contribution is -2.54. The first-order chi connectivity index (χ1) is 16.0. The minimum absolute atomic E-state index is 0.0680. The highest BCUT2D eigenvalue weighted by Gasteiger charge is 2.46. The number of hydrogen-bond donors (Lipinski definition) is 1. The van der Waals surface area contributed by atoms with Crippen molar-refractivity contribution >= 4 is 40.5 Å². The van der Waals surface area contributed by atoms with Crippen molar-refractivity contribution in [2.45, 2.75) is 57.9 Å². The number of amides is 1. The van der Waals surface area contributed by atoms with Crippen LogP contribution in [0.25, 0.3) is 0 Å². The summed E-state index contributed by atoms with van der Waals surface area (Å²) in [4.78, 5) is 29.5. The molecule has 2 heterocycles. The van der Waals surface area contributed by atoms with Gasteiger partial charge in [0.2, 0.25) is 5.91 Å². The van der Waals surface area contributed by atoms with Crippen LogP contribution in [0.3, 0.4) is 0 Å². The number of benzene rings is 1. The molecule has 4 rings (SSSR count). The first-order valence-corrected chi connectivity index (χ1v) is 13.6. The fourth-order valence-corrected chi connectivity index (χ4v) is 6.82. The molecule has 0 saturated carbocycles. The molecule has 1 aromatic rings. The summed E-state index contributed by atoms with van der Waals surface area (Å²) in [6.45, 7) is 5.32. The topological polar surface area (TPSA) is 67.9 Å². The van der Waals surface area contributed by atoms with E-state index in [2.05, 4.69) is 29.6 Å². The van der Waals surface area contributed by atoms with Crippen molar-refractivity contribution in [2.24, 2.45) is 11.8 Å².